The zero-order valence-electron chi connectivity index (χ0n) is 11.5. The van der Waals surface area contributed by atoms with Crippen LogP contribution in [0.25, 0.3) is 10.8 Å². The van der Waals surface area contributed by atoms with E-state index in [1.807, 2.05) is 6.07 Å². The molecule has 19 heavy (non-hydrogen) atoms. The number of hydrogen-bond acceptors (Lipinski definition) is 3. The lowest BCUT2D eigenvalue weighted by molar-refractivity contribution is 0.415. The first-order valence-corrected chi connectivity index (χ1v) is 6.82. The Balaban J connectivity index is 1.93. The zero-order chi connectivity index (χ0) is 13.2. The van der Waals surface area contributed by atoms with Gasteiger partial charge >= 0.3 is 0 Å². The molecule has 3 nitrogen and oxygen atoms in total. The predicted molar refractivity (Wildman–Crippen MR) is 80.2 cm³/mol. The molecular formula is C16H20N2O. The van der Waals surface area contributed by atoms with E-state index < -0.39 is 0 Å². The van der Waals surface area contributed by atoms with E-state index in [2.05, 4.69) is 47.5 Å². The van der Waals surface area contributed by atoms with Crippen molar-refractivity contribution in [2.24, 2.45) is 0 Å². The number of methoxy groups -OCH3 is 1. The first-order chi connectivity index (χ1) is 9.26. The molecule has 2 aromatic carbocycles. The summed E-state index contributed by atoms with van der Waals surface area (Å²) in [6, 6.07) is 13.4. The summed E-state index contributed by atoms with van der Waals surface area (Å²) in [5, 5.41) is 5.97. The van der Waals surface area contributed by atoms with Crippen LogP contribution in [0.5, 0.6) is 5.75 Å². The first kappa shape index (κ1) is 12.3. The van der Waals surface area contributed by atoms with E-state index in [4.69, 9.17) is 4.74 Å². The SMILES string of the molecule is COc1ccc2cc(N3CCNC(C)C3)ccc2c1. The van der Waals surface area contributed by atoms with Crippen LogP contribution in [0.2, 0.25) is 0 Å². The fourth-order valence-electron chi connectivity index (χ4n) is 2.70. The van der Waals surface area contributed by atoms with Gasteiger partial charge in [-0.3, -0.25) is 0 Å². The summed E-state index contributed by atoms with van der Waals surface area (Å²) in [7, 11) is 1.71. The Kier molecular flexibility index (Phi) is 3.30. The Morgan fingerprint density at radius 3 is 2.74 bits per heavy atom. The molecule has 1 N–H and O–H groups in total. The smallest absolute Gasteiger partial charge is 0.119 e. The molecule has 1 aliphatic heterocycles. The van der Waals surface area contributed by atoms with Gasteiger partial charge in [-0.05, 0) is 42.0 Å². The minimum absolute atomic E-state index is 0.556. The molecule has 0 saturated carbocycles. The normalized spacial score (nSPS) is 19.7. The Hall–Kier alpha value is -1.74. The van der Waals surface area contributed by atoms with Gasteiger partial charge in [0.25, 0.3) is 0 Å². The van der Waals surface area contributed by atoms with Crippen LogP contribution in [0.3, 0.4) is 0 Å². The van der Waals surface area contributed by atoms with Crippen LogP contribution >= 0.6 is 0 Å². The summed E-state index contributed by atoms with van der Waals surface area (Å²) in [6.07, 6.45) is 0. The molecule has 0 spiro atoms. The molecule has 0 bridgehead atoms. The van der Waals surface area contributed by atoms with Gasteiger partial charge in [0.15, 0.2) is 0 Å². The summed E-state index contributed by atoms with van der Waals surface area (Å²) >= 11 is 0. The lowest BCUT2D eigenvalue weighted by atomic mass is 10.1. The Bertz CT molecular complexity index is 582. The van der Waals surface area contributed by atoms with Crippen molar-refractivity contribution < 1.29 is 4.74 Å². The molecule has 1 fully saturated rings. The molecule has 1 heterocycles. The molecule has 0 aromatic heterocycles. The van der Waals surface area contributed by atoms with E-state index in [-0.39, 0.29) is 0 Å². The lowest BCUT2D eigenvalue weighted by Gasteiger charge is -2.33. The Labute approximate surface area is 114 Å². The van der Waals surface area contributed by atoms with E-state index >= 15 is 0 Å². The quantitative estimate of drug-likeness (QED) is 0.894. The maximum absolute atomic E-state index is 5.26. The highest BCUT2D eigenvalue weighted by atomic mass is 16.5. The van der Waals surface area contributed by atoms with Crippen molar-refractivity contribution >= 4 is 16.5 Å². The van der Waals surface area contributed by atoms with Crippen molar-refractivity contribution in [2.45, 2.75) is 13.0 Å². The number of anilines is 1. The lowest BCUT2D eigenvalue weighted by Crippen LogP contribution is -2.49. The highest BCUT2D eigenvalue weighted by molar-refractivity contribution is 5.87. The molecule has 1 saturated heterocycles. The van der Waals surface area contributed by atoms with E-state index in [0.717, 1.165) is 25.4 Å². The summed E-state index contributed by atoms with van der Waals surface area (Å²) in [6.45, 7) is 5.44. The van der Waals surface area contributed by atoms with Gasteiger partial charge in [0.1, 0.15) is 5.75 Å². The molecule has 0 amide bonds. The number of piperazine rings is 1. The minimum atomic E-state index is 0.556. The van der Waals surface area contributed by atoms with Crippen LogP contribution < -0.4 is 15.0 Å². The number of nitrogens with one attached hydrogen (secondary N) is 1. The van der Waals surface area contributed by atoms with Crippen molar-refractivity contribution in [1.82, 2.24) is 5.32 Å². The monoisotopic (exact) mass is 256 g/mol. The second-order valence-electron chi connectivity index (χ2n) is 5.20. The third-order valence-corrected chi connectivity index (χ3v) is 3.76. The van der Waals surface area contributed by atoms with Crippen LogP contribution in [-0.2, 0) is 0 Å². The summed E-state index contributed by atoms with van der Waals surface area (Å²) in [5.74, 6) is 0.913. The van der Waals surface area contributed by atoms with Crippen molar-refractivity contribution in [2.75, 3.05) is 31.6 Å². The fraction of sp³-hybridized carbons (Fsp3) is 0.375. The van der Waals surface area contributed by atoms with Gasteiger partial charge in [0, 0.05) is 31.4 Å². The van der Waals surface area contributed by atoms with Gasteiger partial charge in [0.05, 0.1) is 7.11 Å². The van der Waals surface area contributed by atoms with Gasteiger partial charge < -0.3 is 15.0 Å². The standard InChI is InChI=1S/C16H20N2O/c1-12-11-18(8-7-17-12)15-5-3-14-10-16(19-2)6-4-13(14)9-15/h3-6,9-10,12,17H,7-8,11H2,1-2H3. The molecule has 1 atom stereocenters. The van der Waals surface area contributed by atoms with Gasteiger partial charge in [-0.1, -0.05) is 12.1 Å². The van der Waals surface area contributed by atoms with Crippen LogP contribution in [0.15, 0.2) is 36.4 Å². The number of nitrogens with zero attached hydrogens (tertiary/aromatic N) is 1. The number of ether oxygens (including phenoxy) is 1. The maximum atomic E-state index is 5.26. The van der Waals surface area contributed by atoms with E-state index in [0.29, 0.717) is 6.04 Å². The van der Waals surface area contributed by atoms with E-state index in [9.17, 15) is 0 Å². The molecule has 3 heteroatoms. The average molecular weight is 256 g/mol. The van der Waals surface area contributed by atoms with E-state index in [1.165, 1.54) is 16.5 Å². The number of benzene rings is 2. The highest BCUT2D eigenvalue weighted by Gasteiger charge is 2.15. The Morgan fingerprint density at radius 1 is 1.16 bits per heavy atom. The van der Waals surface area contributed by atoms with Gasteiger partial charge in [-0.25, -0.2) is 0 Å². The fourth-order valence-corrected chi connectivity index (χ4v) is 2.70. The van der Waals surface area contributed by atoms with Gasteiger partial charge in [-0.15, -0.1) is 0 Å². The molecule has 2 aromatic rings. The number of rotatable bonds is 2. The second kappa shape index (κ2) is 5.10. The zero-order valence-corrected chi connectivity index (χ0v) is 11.5. The predicted octanol–water partition coefficient (Wildman–Crippen LogP) is 2.65. The molecule has 100 valence electrons. The topological polar surface area (TPSA) is 24.5 Å². The van der Waals surface area contributed by atoms with E-state index in [1.54, 1.807) is 7.11 Å². The summed E-state index contributed by atoms with van der Waals surface area (Å²) in [5.41, 5.74) is 1.31. The molecule has 1 unspecified atom stereocenters. The van der Waals surface area contributed by atoms with Gasteiger partial charge in [-0.2, -0.15) is 0 Å². The third kappa shape index (κ3) is 2.51. The van der Waals surface area contributed by atoms with Crippen molar-refractivity contribution in [3.63, 3.8) is 0 Å². The second-order valence-corrected chi connectivity index (χ2v) is 5.20. The molecule has 1 aliphatic rings. The Morgan fingerprint density at radius 2 is 1.95 bits per heavy atom. The molecule has 0 radical (unpaired) electrons. The molecule has 0 aliphatic carbocycles. The first-order valence-electron chi connectivity index (χ1n) is 6.82. The number of hydrogen-bond donors (Lipinski definition) is 1. The van der Waals surface area contributed by atoms with Crippen molar-refractivity contribution in [3.05, 3.63) is 36.4 Å². The molecule has 3 rings (SSSR count). The maximum Gasteiger partial charge on any atom is 0.119 e. The van der Waals surface area contributed by atoms with Crippen LogP contribution in [0.1, 0.15) is 6.92 Å². The average Bonchev–Trinajstić information content (AvgIpc) is 2.46. The van der Waals surface area contributed by atoms with Crippen LogP contribution in [0, 0.1) is 0 Å². The van der Waals surface area contributed by atoms with Crippen LogP contribution in [0.4, 0.5) is 5.69 Å². The summed E-state index contributed by atoms with van der Waals surface area (Å²) < 4.78 is 5.26. The third-order valence-electron chi connectivity index (χ3n) is 3.76. The van der Waals surface area contributed by atoms with Crippen molar-refractivity contribution in [3.8, 4) is 5.75 Å². The highest BCUT2D eigenvalue weighted by Crippen LogP contribution is 2.26. The van der Waals surface area contributed by atoms with Crippen LogP contribution in [-0.4, -0.2) is 32.8 Å². The number of fused-ring (bicyclic) bond motifs is 1. The van der Waals surface area contributed by atoms with Crippen molar-refractivity contribution in [1.29, 1.82) is 0 Å². The minimum Gasteiger partial charge on any atom is -0.497 e. The largest absolute Gasteiger partial charge is 0.497 e. The molecular weight excluding hydrogens is 236 g/mol. The summed E-state index contributed by atoms with van der Waals surface area (Å²) in [4.78, 5) is 2.45. The van der Waals surface area contributed by atoms with Gasteiger partial charge in [0.2, 0.25) is 0 Å².